The lowest BCUT2D eigenvalue weighted by atomic mass is 9.78. The highest BCUT2D eigenvalue weighted by Crippen LogP contribution is 2.44. The summed E-state index contributed by atoms with van der Waals surface area (Å²) < 4.78 is 9.13. The van der Waals surface area contributed by atoms with Crippen molar-refractivity contribution in [1.82, 2.24) is 29.3 Å². The fourth-order valence-corrected chi connectivity index (χ4v) is 5.63. The van der Waals surface area contributed by atoms with Crippen molar-refractivity contribution in [3.63, 3.8) is 0 Å². The number of rotatable bonds is 4. The zero-order valence-corrected chi connectivity index (χ0v) is 19.8. The van der Waals surface area contributed by atoms with E-state index in [-0.39, 0.29) is 23.4 Å². The molecule has 0 unspecified atom stereocenters. The summed E-state index contributed by atoms with van der Waals surface area (Å²) in [7, 11) is 3.49. The molecule has 1 aromatic carbocycles. The van der Waals surface area contributed by atoms with E-state index in [1.54, 1.807) is 36.2 Å². The molecule has 1 saturated heterocycles. The van der Waals surface area contributed by atoms with Crippen LogP contribution in [0.4, 0.5) is 5.82 Å². The van der Waals surface area contributed by atoms with Crippen LogP contribution in [-0.4, -0.2) is 60.8 Å². The third-order valence-corrected chi connectivity index (χ3v) is 7.76. The predicted octanol–water partition coefficient (Wildman–Crippen LogP) is 3.45. The Morgan fingerprint density at radius 1 is 1.23 bits per heavy atom. The molecular formula is C25H27N7O3. The van der Waals surface area contributed by atoms with Gasteiger partial charge in [-0.15, -0.1) is 0 Å². The fraction of sp³-hybridized carbons (Fsp3) is 0.400. The van der Waals surface area contributed by atoms with Gasteiger partial charge >= 0.3 is 0 Å². The van der Waals surface area contributed by atoms with Gasteiger partial charge in [-0.2, -0.15) is 14.7 Å². The summed E-state index contributed by atoms with van der Waals surface area (Å²) in [6, 6.07) is 7.50. The molecule has 1 N–H and O–H groups in total. The molecule has 10 nitrogen and oxygen atoms in total. The monoisotopic (exact) mass is 473 g/mol. The quantitative estimate of drug-likeness (QED) is 0.487. The van der Waals surface area contributed by atoms with Crippen molar-refractivity contribution >= 4 is 34.2 Å². The van der Waals surface area contributed by atoms with E-state index in [1.165, 1.54) is 0 Å². The molecule has 10 heteroatoms. The summed E-state index contributed by atoms with van der Waals surface area (Å²) in [6.07, 6.45) is 10.7. The van der Waals surface area contributed by atoms with Crippen LogP contribution >= 0.6 is 0 Å². The second kappa shape index (κ2) is 8.07. The van der Waals surface area contributed by atoms with E-state index in [0.29, 0.717) is 29.2 Å². The van der Waals surface area contributed by atoms with Crippen molar-refractivity contribution in [2.75, 3.05) is 19.5 Å². The first-order chi connectivity index (χ1) is 17.0. The van der Waals surface area contributed by atoms with E-state index >= 15 is 0 Å². The van der Waals surface area contributed by atoms with Crippen LogP contribution in [0.1, 0.15) is 54.9 Å². The van der Waals surface area contributed by atoms with Crippen LogP contribution in [0, 0.1) is 0 Å². The highest BCUT2D eigenvalue weighted by atomic mass is 16.5. The maximum Gasteiger partial charge on any atom is 0.260 e. The highest BCUT2D eigenvalue weighted by molar-refractivity contribution is 6.08. The topological polar surface area (TPSA) is 107 Å². The number of anilines is 1. The van der Waals surface area contributed by atoms with E-state index in [0.717, 1.165) is 43.0 Å². The number of hydrogen-bond acceptors (Lipinski definition) is 6. The molecule has 3 aromatic heterocycles. The van der Waals surface area contributed by atoms with Crippen molar-refractivity contribution in [3.8, 4) is 5.75 Å². The highest BCUT2D eigenvalue weighted by Gasteiger charge is 2.45. The Balaban J connectivity index is 1.25. The maximum atomic E-state index is 13.2. The molecule has 0 atom stereocenters. The van der Waals surface area contributed by atoms with Gasteiger partial charge in [-0.25, -0.2) is 4.98 Å². The zero-order chi connectivity index (χ0) is 24.2. The van der Waals surface area contributed by atoms with Crippen LogP contribution in [0.3, 0.4) is 0 Å². The van der Waals surface area contributed by atoms with Crippen molar-refractivity contribution in [2.24, 2.45) is 0 Å². The Kier molecular flexibility index (Phi) is 4.98. The Morgan fingerprint density at radius 3 is 2.80 bits per heavy atom. The van der Waals surface area contributed by atoms with Gasteiger partial charge in [-0.1, -0.05) is 0 Å². The maximum absolute atomic E-state index is 13.2. The van der Waals surface area contributed by atoms with Crippen LogP contribution in [0.2, 0.25) is 0 Å². The Labute approximate surface area is 201 Å². The summed E-state index contributed by atoms with van der Waals surface area (Å²) in [4.78, 5) is 31.5. The average Bonchev–Trinajstić information content (AvgIpc) is 3.56. The second-order valence-electron chi connectivity index (χ2n) is 9.52. The zero-order valence-electron chi connectivity index (χ0n) is 19.8. The second-order valence-corrected chi connectivity index (χ2v) is 9.52. The first kappa shape index (κ1) is 21.6. The van der Waals surface area contributed by atoms with E-state index in [9.17, 15) is 9.59 Å². The number of amides is 2. The van der Waals surface area contributed by atoms with Crippen LogP contribution in [-0.2, 0) is 4.79 Å². The van der Waals surface area contributed by atoms with Crippen molar-refractivity contribution in [2.45, 2.75) is 50.1 Å². The van der Waals surface area contributed by atoms with Crippen molar-refractivity contribution in [1.29, 1.82) is 0 Å². The minimum atomic E-state index is -0.308. The van der Waals surface area contributed by atoms with E-state index in [2.05, 4.69) is 15.4 Å². The summed E-state index contributed by atoms with van der Waals surface area (Å²) in [5.41, 5.74) is 1.86. The fourth-order valence-electron chi connectivity index (χ4n) is 5.63. The third-order valence-electron chi connectivity index (χ3n) is 7.76. The lowest BCUT2D eigenvalue weighted by Gasteiger charge is -2.42. The smallest absolute Gasteiger partial charge is 0.260 e. The number of ether oxygens (including phenoxy) is 1. The van der Waals surface area contributed by atoms with Crippen LogP contribution in [0.5, 0.6) is 5.75 Å². The molecule has 4 aromatic rings. The van der Waals surface area contributed by atoms with E-state index in [1.807, 2.05) is 35.0 Å². The van der Waals surface area contributed by atoms with Crippen LogP contribution in [0.15, 0.2) is 42.9 Å². The van der Waals surface area contributed by atoms with Gasteiger partial charge in [0.2, 0.25) is 5.91 Å². The Morgan fingerprint density at radius 2 is 2.06 bits per heavy atom. The van der Waals surface area contributed by atoms with Crippen molar-refractivity contribution in [3.05, 3.63) is 48.4 Å². The van der Waals surface area contributed by atoms with Gasteiger partial charge in [0.05, 0.1) is 30.4 Å². The number of nitrogens with one attached hydrogen (secondary N) is 1. The molecule has 0 radical (unpaired) electrons. The first-order valence-electron chi connectivity index (χ1n) is 11.9. The lowest BCUT2D eigenvalue weighted by molar-refractivity contribution is -0.130. The van der Waals surface area contributed by atoms with Gasteiger partial charge < -0.3 is 15.0 Å². The minimum absolute atomic E-state index is 0.0152. The number of imidazole rings is 1. The van der Waals surface area contributed by atoms with Crippen molar-refractivity contribution < 1.29 is 14.3 Å². The standard InChI is InChI=1S/C25H27N7O3/c1-30-23(33)7-10-25(30)8-5-17(6-9-25)31-15-16-12-18(20(35-2)13-19(16)29-31)24(34)28-22-14-26-21-4-3-11-27-32(21)22/h3-4,11-15,17H,5-10H2,1-2H3,(H,28,34)/t17-,25+. The molecule has 6 rings (SSSR count). The largest absolute Gasteiger partial charge is 0.496 e. The molecule has 180 valence electrons. The molecule has 2 amide bonds. The van der Waals surface area contributed by atoms with Gasteiger partial charge in [0.1, 0.15) is 5.75 Å². The summed E-state index contributed by atoms with van der Waals surface area (Å²) in [5, 5.41) is 12.8. The Bertz CT molecular complexity index is 1450. The van der Waals surface area contributed by atoms with Gasteiger partial charge in [-0.3, -0.25) is 14.3 Å². The third kappa shape index (κ3) is 3.51. The molecule has 2 aliphatic rings. The predicted molar refractivity (Wildman–Crippen MR) is 129 cm³/mol. The number of carbonyl (C=O) groups excluding carboxylic acids is 2. The molecule has 1 aliphatic heterocycles. The number of fused-ring (bicyclic) bond motifs is 2. The van der Waals surface area contributed by atoms with Gasteiger partial charge in [-0.05, 0) is 50.3 Å². The Hall–Kier alpha value is -3.95. The summed E-state index contributed by atoms with van der Waals surface area (Å²) >= 11 is 0. The number of likely N-dealkylation sites (tertiary alicyclic amines) is 1. The first-order valence-corrected chi connectivity index (χ1v) is 11.9. The molecule has 1 aliphatic carbocycles. The average molecular weight is 474 g/mol. The minimum Gasteiger partial charge on any atom is -0.496 e. The molecule has 1 spiro atoms. The normalized spacial score (nSPS) is 22.4. The molecule has 1 saturated carbocycles. The number of hydrogen-bond donors (Lipinski definition) is 1. The van der Waals surface area contributed by atoms with Crippen LogP contribution < -0.4 is 10.1 Å². The molecule has 2 fully saturated rings. The van der Waals surface area contributed by atoms with Crippen LogP contribution in [0.25, 0.3) is 16.6 Å². The summed E-state index contributed by atoms with van der Waals surface area (Å²) in [5.74, 6) is 0.883. The van der Waals surface area contributed by atoms with Gasteiger partial charge in [0.25, 0.3) is 5.91 Å². The SMILES string of the molecule is COc1cc2nn([C@H]3CC[C@]4(CCC(=O)N4C)CC3)cc2cc1C(=O)Nc1cnc2cccnn12. The molecular weight excluding hydrogens is 446 g/mol. The van der Waals surface area contributed by atoms with E-state index < -0.39 is 0 Å². The summed E-state index contributed by atoms with van der Waals surface area (Å²) in [6.45, 7) is 0. The van der Waals surface area contributed by atoms with E-state index in [4.69, 9.17) is 9.84 Å². The number of carbonyl (C=O) groups is 2. The number of benzene rings is 1. The number of nitrogens with zero attached hydrogens (tertiary/aromatic N) is 6. The van der Waals surface area contributed by atoms with Gasteiger partial charge in [0.15, 0.2) is 11.5 Å². The molecule has 0 bridgehead atoms. The molecule has 35 heavy (non-hydrogen) atoms. The number of methoxy groups -OCH3 is 1. The number of aromatic nitrogens is 5. The van der Waals surface area contributed by atoms with Gasteiger partial charge in [0, 0.05) is 42.9 Å². The lowest BCUT2D eigenvalue weighted by Crippen LogP contribution is -2.46. The molecule has 4 heterocycles.